The first-order valence-corrected chi connectivity index (χ1v) is 9.22. The van der Waals surface area contributed by atoms with Crippen LogP contribution in [0.25, 0.3) is 0 Å². The fourth-order valence-corrected chi connectivity index (χ4v) is 3.70. The number of rotatable bonds is 4. The number of carbonyl (C=O) groups is 2. The predicted octanol–water partition coefficient (Wildman–Crippen LogP) is 2.71. The maximum Gasteiger partial charge on any atom is 0.322 e. The minimum Gasteiger partial charge on any atom is -0.377 e. The lowest BCUT2D eigenvalue weighted by Gasteiger charge is -2.36. The van der Waals surface area contributed by atoms with Crippen LogP contribution in [0.4, 0.5) is 10.5 Å². The third-order valence-corrected chi connectivity index (χ3v) is 4.92. The number of hydrogen-bond acceptors (Lipinski definition) is 3. The van der Waals surface area contributed by atoms with Crippen molar-refractivity contribution in [3.05, 3.63) is 30.3 Å². The molecule has 3 amide bonds. The molecule has 25 heavy (non-hydrogen) atoms. The summed E-state index contributed by atoms with van der Waals surface area (Å²) in [6, 6.07) is 8.81. The summed E-state index contributed by atoms with van der Waals surface area (Å²) in [5, 5.41) is 2.89. The highest BCUT2D eigenvalue weighted by Crippen LogP contribution is 2.23. The van der Waals surface area contributed by atoms with E-state index >= 15 is 0 Å². The molecule has 0 spiro atoms. The van der Waals surface area contributed by atoms with E-state index in [1.165, 1.54) is 0 Å². The Morgan fingerprint density at radius 2 is 1.92 bits per heavy atom. The van der Waals surface area contributed by atoms with Crippen LogP contribution in [0.15, 0.2) is 30.3 Å². The van der Waals surface area contributed by atoms with E-state index in [0.717, 1.165) is 37.9 Å². The zero-order chi connectivity index (χ0) is 17.6. The number of para-hydroxylation sites is 1. The molecule has 2 aliphatic heterocycles. The molecule has 0 radical (unpaired) electrons. The largest absolute Gasteiger partial charge is 0.377 e. The van der Waals surface area contributed by atoms with Gasteiger partial charge in [-0.05, 0) is 44.7 Å². The van der Waals surface area contributed by atoms with E-state index in [-0.39, 0.29) is 24.1 Å². The van der Waals surface area contributed by atoms with Crippen molar-refractivity contribution in [3.8, 4) is 0 Å². The Bertz CT molecular complexity index is 591. The molecule has 2 saturated heterocycles. The van der Waals surface area contributed by atoms with E-state index in [1.807, 2.05) is 42.2 Å². The summed E-state index contributed by atoms with van der Waals surface area (Å²) in [5.74, 6) is 0.0603. The highest BCUT2D eigenvalue weighted by molar-refractivity contribution is 5.94. The Morgan fingerprint density at radius 1 is 1.16 bits per heavy atom. The fourth-order valence-electron chi connectivity index (χ4n) is 3.70. The number of nitrogens with one attached hydrogen (secondary N) is 1. The summed E-state index contributed by atoms with van der Waals surface area (Å²) in [7, 11) is 0. The smallest absolute Gasteiger partial charge is 0.322 e. The molecule has 1 aromatic carbocycles. The molecule has 2 aliphatic rings. The summed E-state index contributed by atoms with van der Waals surface area (Å²) in [6.07, 6.45) is 3.67. The lowest BCUT2D eigenvalue weighted by atomic mass is 10.1. The molecule has 2 heterocycles. The average molecular weight is 345 g/mol. The van der Waals surface area contributed by atoms with Crippen molar-refractivity contribution in [2.24, 2.45) is 0 Å². The van der Waals surface area contributed by atoms with Crippen LogP contribution in [-0.4, -0.2) is 60.1 Å². The number of benzene rings is 1. The maximum atomic E-state index is 13.0. The van der Waals surface area contributed by atoms with Gasteiger partial charge in [-0.15, -0.1) is 0 Å². The molecule has 1 N–H and O–H groups in total. The van der Waals surface area contributed by atoms with Crippen molar-refractivity contribution in [1.82, 2.24) is 9.80 Å². The first-order valence-electron chi connectivity index (χ1n) is 9.22. The van der Waals surface area contributed by atoms with E-state index in [1.54, 1.807) is 4.90 Å². The number of likely N-dealkylation sites (tertiary alicyclic amines) is 2. The first kappa shape index (κ1) is 17.7. The Kier molecular flexibility index (Phi) is 5.91. The molecule has 0 aromatic heterocycles. The molecule has 6 nitrogen and oxygen atoms in total. The number of ether oxygens (including phenoxy) is 1. The Labute approximate surface area is 149 Å². The second-order valence-corrected chi connectivity index (χ2v) is 6.65. The Hall–Kier alpha value is -2.08. The van der Waals surface area contributed by atoms with Crippen LogP contribution in [0.2, 0.25) is 0 Å². The number of carbonyl (C=O) groups excluding carboxylic acids is 2. The van der Waals surface area contributed by atoms with Gasteiger partial charge >= 0.3 is 6.03 Å². The molecular weight excluding hydrogens is 318 g/mol. The van der Waals surface area contributed by atoms with Crippen molar-refractivity contribution < 1.29 is 14.3 Å². The van der Waals surface area contributed by atoms with Gasteiger partial charge in [0.15, 0.2) is 0 Å². The number of piperidine rings is 1. The van der Waals surface area contributed by atoms with Crippen molar-refractivity contribution in [1.29, 1.82) is 0 Å². The van der Waals surface area contributed by atoms with Crippen LogP contribution >= 0.6 is 0 Å². The second-order valence-electron chi connectivity index (χ2n) is 6.65. The lowest BCUT2D eigenvalue weighted by Crippen LogP contribution is -2.52. The Balaban J connectivity index is 1.62. The van der Waals surface area contributed by atoms with Gasteiger partial charge in [0.2, 0.25) is 5.91 Å². The van der Waals surface area contributed by atoms with Gasteiger partial charge in [-0.3, -0.25) is 4.79 Å². The van der Waals surface area contributed by atoms with Gasteiger partial charge in [0.05, 0.1) is 6.10 Å². The lowest BCUT2D eigenvalue weighted by molar-refractivity contribution is -0.139. The third-order valence-electron chi connectivity index (χ3n) is 4.92. The predicted molar refractivity (Wildman–Crippen MR) is 96.4 cm³/mol. The number of anilines is 1. The molecule has 3 rings (SSSR count). The SMILES string of the molecule is CCOC1CCCN(C(=O)C2CCCN2C(=O)Nc2ccccc2)C1. The molecular formula is C19H27N3O3. The van der Waals surface area contributed by atoms with Crippen LogP contribution in [0, 0.1) is 0 Å². The molecule has 1 aromatic rings. The molecule has 0 aliphatic carbocycles. The van der Waals surface area contributed by atoms with Gasteiger partial charge in [0, 0.05) is 31.9 Å². The maximum absolute atomic E-state index is 13.0. The van der Waals surface area contributed by atoms with Gasteiger partial charge < -0.3 is 19.9 Å². The van der Waals surface area contributed by atoms with Gasteiger partial charge in [-0.1, -0.05) is 18.2 Å². The molecule has 2 unspecified atom stereocenters. The van der Waals surface area contributed by atoms with Crippen LogP contribution in [0.5, 0.6) is 0 Å². The highest BCUT2D eigenvalue weighted by atomic mass is 16.5. The van der Waals surface area contributed by atoms with E-state index in [9.17, 15) is 9.59 Å². The molecule has 0 bridgehead atoms. The summed E-state index contributed by atoms with van der Waals surface area (Å²) in [6.45, 7) is 4.66. The third kappa shape index (κ3) is 4.31. The van der Waals surface area contributed by atoms with Crippen LogP contribution in [-0.2, 0) is 9.53 Å². The van der Waals surface area contributed by atoms with Crippen molar-refractivity contribution in [2.45, 2.75) is 44.8 Å². The average Bonchev–Trinajstić information content (AvgIpc) is 3.12. The number of urea groups is 1. The van der Waals surface area contributed by atoms with Crippen molar-refractivity contribution in [3.63, 3.8) is 0 Å². The summed E-state index contributed by atoms with van der Waals surface area (Å²) in [5.41, 5.74) is 0.750. The zero-order valence-electron chi connectivity index (χ0n) is 14.8. The molecule has 0 saturated carbocycles. The topological polar surface area (TPSA) is 61.9 Å². The van der Waals surface area contributed by atoms with E-state index < -0.39 is 0 Å². The second kappa shape index (κ2) is 8.34. The van der Waals surface area contributed by atoms with Crippen LogP contribution < -0.4 is 5.32 Å². The highest BCUT2D eigenvalue weighted by Gasteiger charge is 2.38. The summed E-state index contributed by atoms with van der Waals surface area (Å²) >= 11 is 0. The first-order chi connectivity index (χ1) is 12.2. The molecule has 136 valence electrons. The van der Waals surface area contributed by atoms with E-state index in [0.29, 0.717) is 19.7 Å². The summed E-state index contributed by atoms with van der Waals surface area (Å²) < 4.78 is 5.69. The quantitative estimate of drug-likeness (QED) is 0.913. The van der Waals surface area contributed by atoms with Crippen LogP contribution in [0.3, 0.4) is 0 Å². The van der Waals surface area contributed by atoms with Gasteiger partial charge in [0.1, 0.15) is 6.04 Å². The van der Waals surface area contributed by atoms with Crippen LogP contribution in [0.1, 0.15) is 32.6 Å². The summed E-state index contributed by atoms with van der Waals surface area (Å²) in [4.78, 5) is 29.1. The van der Waals surface area contributed by atoms with Crippen molar-refractivity contribution >= 4 is 17.6 Å². The monoisotopic (exact) mass is 345 g/mol. The van der Waals surface area contributed by atoms with Crippen molar-refractivity contribution in [2.75, 3.05) is 31.6 Å². The van der Waals surface area contributed by atoms with E-state index in [4.69, 9.17) is 4.74 Å². The number of nitrogens with zero attached hydrogens (tertiary/aromatic N) is 2. The Morgan fingerprint density at radius 3 is 2.68 bits per heavy atom. The van der Waals surface area contributed by atoms with Gasteiger partial charge in [-0.2, -0.15) is 0 Å². The molecule has 6 heteroatoms. The van der Waals surface area contributed by atoms with Gasteiger partial charge in [-0.25, -0.2) is 4.79 Å². The molecule has 2 atom stereocenters. The fraction of sp³-hybridized carbons (Fsp3) is 0.579. The normalized spacial score (nSPS) is 23.6. The molecule has 2 fully saturated rings. The van der Waals surface area contributed by atoms with E-state index in [2.05, 4.69) is 5.32 Å². The zero-order valence-corrected chi connectivity index (χ0v) is 14.8. The minimum absolute atomic E-state index is 0.0603. The number of amides is 3. The number of hydrogen-bond donors (Lipinski definition) is 1. The van der Waals surface area contributed by atoms with Gasteiger partial charge in [0.25, 0.3) is 0 Å². The standard InChI is InChI=1S/C19H27N3O3/c1-2-25-16-10-6-12-21(14-16)18(23)17-11-7-13-22(17)19(24)20-15-8-4-3-5-9-15/h3-5,8-9,16-17H,2,6-7,10-14H2,1H3,(H,20,24). The minimum atomic E-state index is -0.357.